The van der Waals surface area contributed by atoms with Crippen molar-refractivity contribution in [3.8, 4) is 0 Å². The van der Waals surface area contributed by atoms with Crippen molar-refractivity contribution < 1.29 is 14.7 Å². The second-order valence-corrected chi connectivity index (χ2v) is 5.07. The summed E-state index contributed by atoms with van der Waals surface area (Å²) in [5.41, 5.74) is 4.41. The molecule has 2 rings (SSSR count). The van der Waals surface area contributed by atoms with Crippen molar-refractivity contribution in [3.63, 3.8) is 0 Å². The third kappa shape index (κ3) is 1.59. The number of likely N-dealkylation sites (tertiary alicyclic amines) is 1. The van der Waals surface area contributed by atoms with Crippen molar-refractivity contribution >= 4 is 11.9 Å². The van der Waals surface area contributed by atoms with Gasteiger partial charge >= 0.3 is 5.97 Å². The molecule has 1 aliphatic carbocycles. The Morgan fingerprint density at radius 1 is 1.38 bits per heavy atom. The number of carbonyl (C=O) groups is 2. The molecule has 1 atom stereocenters. The van der Waals surface area contributed by atoms with E-state index in [0.29, 0.717) is 25.9 Å². The van der Waals surface area contributed by atoms with Gasteiger partial charge in [-0.15, -0.1) is 0 Å². The Hall–Kier alpha value is -1.10. The van der Waals surface area contributed by atoms with Crippen LogP contribution in [0.3, 0.4) is 0 Å². The van der Waals surface area contributed by atoms with E-state index in [-0.39, 0.29) is 5.91 Å². The molecule has 1 amide bonds. The smallest absolute Gasteiger partial charge is 0.311 e. The summed E-state index contributed by atoms with van der Waals surface area (Å²) in [5, 5.41) is 9.21. The van der Waals surface area contributed by atoms with Crippen LogP contribution in [0.5, 0.6) is 0 Å². The lowest BCUT2D eigenvalue weighted by atomic mass is 9.84. The standard InChI is InChI=1S/C11H18N2O3/c1-2-10(9(15)16)5-6-13(7-10)8(14)11(12)3-4-11/h2-7,12H2,1H3,(H,15,16). The summed E-state index contributed by atoms with van der Waals surface area (Å²) >= 11 is 0. The van der Waals surface area contributed by atoms with E-state index < -0.39 is 16.9 Å². The summed E-state index contributed by atoms with van der Waals surface area (Å²) < 4.78 is 0. The molecular weight excluding hydrogens is 208 g/mol. The van der Waals surface area contributed by atoms with Crippen LogP contribution in [0.2, 0.25) is 0 Å². The van der Waals surface area contributed by atoms with Crippen LogP contribution in [0.25, 0.3) is 0 Å². The number of rotatable bonds is 3. The highest BCUT2D eigenvalue weighted by atomic mass is 16.4. The van der Waals surface area contributed by atoms with E-state index in [0.717, 1.165) is 12.8 Å². The molecular formula is C11H18N2O3. The Bertz CT molecular complexity index is 338. The zero-order valence-corrected chi connectivity index (χ0v) is 9.53. The first-order valence-corrected chi connectivity index (χ1v) is 5.75. The van der Waals surface area contributed by atoms with Crippen LogP contribution in [0, 0.1) is 5.41 Å². The van der Waals surface area contributed by atoms with Gasteiger partial charge in [0.2, 0.25) is 5.91 Å². The summed E-state index contributed by atoms with van der Waals surface area (Å²) in [7, 11) is 0. The lowest BCUT2D eigenvalue weighted by Crippen LogP contribution is -2.46. The molecule has 0 aromatic carbocycles. The van der Waals surface area contributed by atoms with Gasteiger partial charge in [0.25, 0.3) is 0 Å². The van der Waals surface area contributed by atoms with E-state index in [1.165, 1.54) is 0 Å². The molecule has 3 N–H and O–H groups in total. The Balaban J connectivity index is 2.07. The van der Waals surface area contributed by atoms with Gasteiger partial charge in [0.1, 0.15) is 0 Å². The molecule has 2 aliphatic rings. The van der Waals surface area contributed by atoms with Gasteiger partial charge in [-0.1, -0.05) is 6.92 Å². The number of nitrogens with two attached hydrogens (primary N) is 1. The molecule has 0 aromatic rings. The molecule has 2 fully saturated rings. The normalized spacial score (nSPS) is 31.5. The van der Waals surface area contributed by atoms with Crippen LogP contribution in [0.4, 0.5) is 0 Å². The average Bonchev–Trinajstić information content (AvgIpc) is 2.84. The second kappa shape index (κ2) is 3.45. The van der Waals surface area contributed by atoms with Gasteiger partial charge in [0.15, 0.2) is 0 Å². The number of hydrogen-bond acceptors (Lipinski definition) is 3. The molecule has 0 radical (unpaired) electrons. The van der Waals surface area contributed by atoms with Crippen molar-refractivity contribution in [2.75, 3.05) is 13.1 Å². The van der Waals surface area contributed by atoms with Crippen molar-refractivity contribution in [3.05, 3.63) is 0 Å². The van der Waals surface area contributed by atoms with Crippen molar-refractivity contribution in [1.29, 1.82) is 0 Å². The molecule has 0 bridgehead atoms. The lowest BCUT2D eigenvalue weighted by molar-refractivity contribution is -0.148. The molecule has 1 aliphatic heterocycles. The second-order valence-electron chi connectivity index (χ2n) is 5.07. The monoisotopic (exact) mass is 226 g/mol. The van der Waals surface area contributed by atoms with E-state index in [9.17, 15) is 14.7 Å². The van der Waals surface area contributed by atoms with Gasteiger partial charge in [-0.25, -0.2) is 0 Å². The lowest BCUT2D eigenvalue weighted by Gasteiger charge is -2.24. The van der Waals surface area contributed by atoms with Crippen molar-refractivity contribution in [2.24, 2.45) is 11.1 Å². The minimum absolute atomic E-state index is 0.0657. The molecule has 1 saturated heterocycles. The van der Waals surface area contributed by atoms with Gasteiger partial charge in [-0.3, -0.25) is 9.59 Å². The number of nitrogens with zero attached hydrogens (tertiary/aromatic N) is 1. The zero-order valence-electron chi connectivity index (χ0n) is 9.53. The average molecular weight is 226 g/mol. The Kier molecular flexibility index (Phi) is 2.45. The van der Waals surface area contributed by atoms with Crippen molar-refractivity contribution in [1.82, 2.24) is 4.90 Å². The summed E-state index contributed by atoms with van der Waals surface area (Å²) in [6.07, 6.45) is 2.56. The molecule has 1 unspecified atom stereocenters. The third-order valence-electron chi connectivity index (χ3n) is 3.99. The maximum Gasteiger partial charge on any atom is 0.311 e. The zero-order chi connectivity index (χ0) is 12.0. The van der Waals surface area contributed by atoms with E-state index in [1.807, 2.05) is 6.92 Å². The SMILES string of the molecule is CCC1(C(=O)O)CCN(C(=O)C2(N)CC2)C1. The summed E-state index contributed by atoms with van der Waals surface area (Å²) in [6, 6.07) is 0. The highest BCUT2D eigenvalue weighted by Crippen LogP contribution is 2.39. The molecule has 5 heteroatoms. The van der Waals surface area contributed by atoms with E-state index >= 15 is 0 Å². The van der Waals surface area contributed by atoms with Gasteiger partial charge in [-0.05, 0) is 25.7 Å². The minimum Gasteiger partial charge on any atom is -0.481 e. The fourth-order valence-corrected chi connectivity index (χ4v) is 2.32. The highest BCUT2D eigenvalue weighted by molar-refractivity contribution is 5.90. The van der Waals surface area contributed by atoms with Gasteiger partial charge in [0.05, 0.1) is 11.0 Å². The van der Waals surface area contributed by atoms with Crippen LogP contribution in [-0.2, 0) is 9.59 Å². The van der Waals surface area contributed by atoms with Gasteiger partial charge in [-0.2, -0.15) is 0 Å². The van der Waals surface area contributed by atoms with Crippen molar-refractivity contribution in [2.45, 2.75) is 38.1 Å². The largest absolute Gasteiger partial charge is 0.481 e. The quantitative estimate of drug-likeness (QED) is 0.719. The molecule has 0 spiro atoms. The first-order chi connectivity index (χ1) is 7.43. The predicted molar refractivity (Wildman–Crippen MR) is 57.7 cm³/mol. The van der Waals surface area contributed by atoms with Crippen LogP contribution >= 0.6 is 0 Å². The Morgan fingerprint density at radius 3 is 2.38 bits per heavy atom. The van der Waals surface area contributed by atoms with Crippen LogP contribution in [0.15, 0.2) is 0 Å². The Morgan fingerprint density at radius 2 is 2.00 bits per heavy atom. The molecule has 5 nitrogen and oxygen atoms in total. The van der Waals surface area contributed by atoms with E-state index in [4.69, 9.17) is 5.73 Å². The number of carboxylic acid groups (broad SMARTS) is 1. The van der Waals surface area contributed by atoms with Gasteiger partial charge in [0, 0.05) is 13.1 Å². The van der Waals surface area contributed by atoms with Crippen LogP contribution < -0.4 is 5.73 Å². The fraction of sp³-hybridized carbons (Fsp3) is 0.818. The molecule has 90 valence electrons. The Labute approximate surface area is 94.6 Å². The van der Waals surface area contributed by atoms with Crippen LogP contribution in [0.1, 0.15) is 32.6 Å². The summed E-state index contributed by atoms with van der Waals surface area (Å²) in [6.45, 7) is 2.70. The highest BCUT2D eigenvalue weighted by Gasteiger charge is 2.52. The number of amides is 1. The third-order valence-corrected chi connectivity index (χ3v) is 3.99. The maximum atomic E-state index is 12.0. The fourth-order valence-electron chi connectivity index (χ4n) is 2.32. The topological polar surface area (TPSA) is 83.6 Å². The predicted octanol–water partition coefficient (Wildman–Crippen LogP) is 0.191. The number of aliphatic carboxylic acids is 1. The van der Waals surface area contributed by atoms with E-state index in [2.05, 4.69) is 0 Å². The first kappa shape index (κ1) is 11.4. The number of carbonyl (C=O) groups excluding carboxylic acids is 1. The summed E-state index contributed by atoms with van der Waals surface area (Å²) in [4.78, 5) is 24.8. The summed E-state index contributed by atoms with van der Waals surface area (Å²) in [5.74, 6) is -0.865. The number of hydrogen-bond donors (Lipinski definition) is 2. The minimum atomic E-state index is -0.799. The molecule has 16 heavy (non-hydrogen) atoms. The molecule has 1 saturated carbocycles. The molecule has 1 heterocycles. The number of carboxylic acids is 1. The maximum absolute atomic E-state index is 12.0. The van der Waals surface area contributed by atoms with E-state index in [1.54, 1.807) is 4.90 Å². The molecule has 0 aromatic heterocycles. The first-order valence-electron chi connectivity index (χ1n) is 5.75. The van der Waals surface area contributed by atoms with Crippen LogP contribution in [-0.4, -0.2) is 40.5 Å². The van der Waals surface area contributed by atoms with Gasteiger partial charge < -0.3 is 15.7 Å².